The van der Waals surface area contributed by atoms with Gasteiger partial charge in [0.1, 0.15) is 17.3 Å². The zero-order valence-electron chi connectivity index (χ0n) is 15.9. The molecule has 0 fully saturated rings. The number of aromatic nitrogens is 1. The van der Waals surface area contributed by atoms with E-state index >= 15 is 0 Å². The molecule has 0 aliphatic carbocycles. The number of para-hydroxylation sites is 2. The molecule has 0 atom stereocenters. The first-order valence-corrected chi connectivity index (χ1v) is 9.28. The van der Waals surface area contributed by atoms with E-state index in [9.17, 15) is 9.18 Å². The fraction of sp³-hybridized carbons (Fsp3) is 0. The molecule has 0 saturated heterocycles. The highest BCUT2D eigenvalue weighted by molar-refractivity contribution is 6.04. The van der Waals surface area contributed by atoms with E-state index in [2.05, 4.69) is 15.6 Å². The maximum Gasteiger partial charge on any atom is 0.257 e. The third-order valence-corrected chi connectivity index (χ3v) is 4.24. The van der Waals surface area contributed by atoms with Gasteiger partial charge in [-0.05, 0) is 54.6 Å². The van der Waals surface area contributed by atoms with E-state index < -0.39 is 11.7 Å². The molecule has 4 rings (SSSR count). The predicted molar refractivity (Wildman–Crippen MR) is 115 cm³/mol. The number of hydrogen-bond donors (Lipinski definition) is 2. The molecule has 4 aromatic rings. The monoisotopic (exact) mass is 399 g/mol. The lowest BCUT2D eigenvalue weighted by molar-refractivity contribution is 0.102. The smallest absolute Gasteiger partial charge is 0.257 e. The van der Waals surface area contributed by atoms with E-state index in [1.807, 2.05) is 54.6 Å². The summed E-state index contributed by atoms with van der Waals surface area (Å²) in [7, 11) is 0. The summed E-state index contributed by atoms with van der Waals surface area (Å²) in [6.07, 6.45) is 3.03. The van der Waals surface area contributed by atoms with Crippen LogP contribution in [0.1, 0.15) is 10.4 Å². The van der Waals surface area contributed by atoms with Crippen molar-refractivity contribution < 1.29 is 13.9 Å². The Labute approximate surface area is 173 Å². The third-order valence-electron chi connectivity index (χ3n) is 4.24. The number of hydrogen-bond acceptors (Lipinski definition) is 4. The van der Waals surface area contributed by atoms with Crippen molar-refractivity contribution in [1.82, 2.24) is 4.98 Å². The van der Waals surface area contributed by atoms with E-state index in [1.165, 1.54) is 18.3 Å². The van der Waals surface area contributed by atoms with E-state index in [0.717, 1.165) is 11.4 Å². The fourth-order valence-corrected chi connectivity index (χ4v) is 2.79. The average molecular weight is 399 g/mol. The van der Waals surface area contributed by atoms with Gasteiger partial charge in [0.25, 0.3) is 5.91 Å². The Morgan fingerprint density at radius 3 is 2.27 bits per heavy atom. The lowest BCUT2D eigenvalue weighted by Crippen LogP contribution is -2.13. The minimum atomic E-state index is -0.495. The average Bonchev–Trinajstić information content (AvgIpc) is 2.78. The molecule has 0 bridgehead atoms. The zero-order valence-corrected chi connectivity index (χ0v) is 15.9. The molecule has 0 spiro atoms. The Bertz CT molecular complexity index is 1150. The van der Waals surface area contributed by atoms with Crippen molar-refractivity contribution >= 4 is 23.0 Å². The fourth-order valence-electron chi connectivity index (χ4n) is 2.79. The van der Waals surface area contributed by atoms with Gasteiger partial charge in [-0.3, -0.25) is 9.78 Å². The number of rotatable bonds is 6. The number of amides is 1. The number of pyridine rings is 1. The number of nitrogens with zero attached hydrogens (tertiary/aromatic N) is 1. The largest absolute Gasteiger partial charge is 0.457 e. The standard InChI is InChI=1S/C24H18FN3O2/c25-22-8-4-5-9-23(22)28-24(29)17-14-19(16-26-15-17)27-18-10-12-21(13-11-18)30-20-6-2-1-3-7-20/h1-16,27H,(H,28,29). The number of halogens is 1. The van der Waals surface area contributed by atoms with Gasteiger partial charge in [-0.1, -0.05) is 30.3 Å². The van der Waals surface area contributed by atoms with Gasteiger partial charge in [-0.2, -0.15) is 0 Å². The summed E-state index contributed by atoms with van der Waals surface area (Å²) < 4.78 is 19.5. The molecule has 1 amide bonds. The second-order valence-electron chi connectivity index (χ2n) is 6.46. The molecule has 6 heteroatoms. The van der Waals surface area contributed by atoms with Crippen LogP contribution in [0.15, 0.2) is 97.3 Å². The summed E-state index contributed by atoms with van der Waals surface area (Å²) in [4.78, 5) is 16.5. The van der Waals surface area contributed by atoms with E-state index in [4.69, 9.17) is 4.74 Å². The first kappa shape index (κ1) is 19.1. The molecule has 5 nitrogen and oxygen atoms in total. The molecule has 148 valence electrons. The van der Waals surface area contributed by atoms with Gasteiger partial charge in [0.15, 0.2) is 0 Å². The molecule has 0 saturated carbocycles. The molecule has 0 aliphatic rings. The van der Waals surface area contributed by atoms with Gasteiger partial charge in [0.2, 0.25) is 0 Å². The number of ether oxygens (including phenoxy) is 1. The second-order valence-corrected chi connectivity index (χ2v) is 6.46. The van der Waals surface area contributed by atoms with Crippen LogP contribution < -0.4 is 15.4 Å². The van der Waals surface area contributed by atoms with Gasteiger partial charge in [0, 0.05) is 11.9 Å². The highest BCUT2D eigenvalue weighted by atomic mass is 19.1. The van der Waals surface area contributed by atoms with Crippen molar-refractivity contribution in [1.29, 1.82) is 0 Å². The molecular weight excluding hydrogens is 381 g/mol. The van der Waals surface area contributed by atoms with Gasteiger partial charge >= 0.3 is 0 Å². The molecule has 0 radical (unpaired) electrons. The highest BCUT2D eigenvalue weighted by Crippen LogP contribution is 2.24. The van der Waals surface area contributed by atoms with E-state index in [0.29, 0.717) is 17.0 Å². The first-order chi connectivity index (χ1) is 14.7. The quantitative estimate of drug-likeness (QED) is 0.417. The summed E-state index contributed by atoms with van der Waals surface area (Å²) >= 11 is 0. The zero-order chi connectivity index (χ0) is 20.8. The van der Waals surface area contributed by atoms with Crippen molar-refractivity contribution in [3.63, 3.8) is 0 Å². The summed E-state index contributed by atoms with van der Waals surface area (Å²) in [5.74, 6) is 0.535. The van der Waals surface area contributed by atoms with Crippen molar-refractivity contribution in [2.24, 2.45) is 0 Å². The van der Waals surface area contributed by atoms with Gasteiger partial charge in [0.05, 0.1) is 23.1 Å². The van der Waals surface area contributed by atoms with Crippen molar-refractivity contribution in [3.8, 4) is 11.5 Å². The normalized spacial score (nSPS) is 10.3. The van der Waals surface area contributed by atoms with Crippen LogP contribution in [0.4, 0.5) is 21.5 Å². The molecule has 3 aromatic carbocycles. The number of carbonyl (C=O) groups excluding carboxylic acids is 1. The maximum absolute atomic E-state index is 13.7. The highest BCUT2D eigenvalue weighted by Gasteiger charge is 2.10. The Kier molecular flexibility index (Phi) is 5.66. The molecular formula is C24H18FN3O2. The maximum atomic E-state index is 13.7. The topological polar surface area (TPSA) is 63.2 Å². The second kappa shape index (κ2) is 8.87. The van der Waals surface area contributed by atoms with Crippen LogP contribution in [-0.4, -0.2) is 10.9 Å². The summed E-state index contributed by atoms with van der Waals surface area (Å²) in [5.41, 5.74) is 1.87. The molecule has 0 unspecified atom stereocenters. The Hall–Kier alpha value is -4.19. The number of benzene rings is 3. The molecule has 1 heterocycles. The lowest BCUT2D eigenvalue weighted by atomic mass is 10.2. The summed E-state index contributed by atoms with van der Waals surface area (Å²) in [6.45, 7) is 0. The molecule has 30 heavy (non-hydrogen) atoms. The van der Waals surface area contributed by atoms with Gasteiger partial charge < -0.3 is 15.4 Å². The van der Waals surface area contributed by atoms with Crippen molar-refractivity contribution in [2.75, 3.05) is 10.6 Å². The number of carbonyl (C=O) groups is 1. The van der Waals surface area contributed by atoms with Crippen LogP contribution in [0, 0.1) is 5.82 Å². The van der Waals surface area contributed by atoms with Crippen LogP contribution in [-0.2, 0) is 0 Å². The molecule has 0 aliphatic heterocycles. The lowest BCUT2D eigenvalue weighted by Gasteiger charge is -2.10. The van der Waals surface area contributed by atoms with Gasteiger partial charge in [-0.15, -0.1) is 0 Å². The summed E-state index contributed by atoms with van der Waals surface area (Å²) in [6, 6.07) is 24.6. The SMILES string of the molecule is O=C(Nc1ccccc1F)c1cncc(Nc2ccc(Oc3ccccc3)cc2)c1. The van der Waals surface area contributed by atoms with Crippen molar-refractivity contribution in [3.05, 3.63) is 109 Å². The Balaban J connectivity index is 1.43. The van der Waals surface area contributed by atoms with Crippen molar-refractivity contribution in [2.45, 2.75) is 0 Å². The van der Waals surface area contributed by atoms with Crippen LogP contribution in [0.25, 0.3) is 0 Å². The number of anilines is 3. The summed E-state index contributed by atoms with van der Waals surface area (Å²) in [5, 5.41) is 5.74. The molecule has 1 aromatic heterocycles. The minimum absolute atomic E-state index is 0.120. The van der Waals surface area contributed by atoms with Gasteiger partial charge in [-0.25, -0.2) is 4.39 Å². The minimum Gasteiger partial charge on any atom is -0.457 e. The Morgan fingerprint density at radius 1 is 0.800 bits per heavy atom. The molecule has 2 N–H and O–H groups in total. The predicted octanol–water partition coefficient (Wildman–Crippen LogP) is 6.01. The van der Waals surface area contributed by atoms with Crippen LogP contribution in [0.3, 0.4) is 0 Å². The number of nitrogens with one attached hydrogen (secondary N) is 2. The van der Waals surface area contributed by atoms with Crippen LogP contribution in [0.2, 0.25) is 0 Å². The van der Waals surface area contributed by atoms with Crippen LogP contribution in [0.5, 0.6) is 11.5 Å². The van der Waals surface area contributed by atoms with E-state index in [1.54, 1.807) is 24.4 Å². The van der Waals surface area contributed by atoms with Crippen LogP contribution >= 0.6 is 0 Å². The third kappa shape index (κ3) is 4.80. The van der Waals surface area contributed by atoms with E-state index in [-0.39, 0.29) is 5.69 Å². The first-order valence-electron chi connectivity index (χ1n) is 9.28. The Morgan fingerprint density at radius 2 is 1.50 bits per heavy atom.